The van der Waals surface area contributed by atoms with Gasteiger partial charge in [0.2, 0.25) is 0 Å². The van der Waals surface area contributed by atoms with Gasteiger partial charge in [-0.3, -0.25) is 4.79 Å². The molecule has 0 atom stereocenters. The van der Waals surface area contributed by atoms with Crippen LogP contribution in [0.15, 0.2) is 23.9 Å². The number of rotatable bonds is 9. The summed E-state index contributed by atoms with van der Waals surface area (Å²) in [6, 6.07) is 1.49. The Morgan fingerprint density at radius 3 is 2.53 bits per heavy atom. The lowest BCUT2D eigenvalue weighted by atomic mass is 9.99. The number of hydrogen-bond acceptors (Lipinski definition) is 6. The van der Waals surface area contributed by atoms with Crippen LogP contribution >= 0.6 is 0 Å². The van der Waals surface area contributed by atoms with E-state index in [0.29, 0.717) is 25.4 Å². The number of nitrogens with one attached hydrogen (secondary N) is 2. The van der Waals surface area contributed by atoms with E-state index in [1.54, 1.807) is 23.9 Å². The number of hydrogen-bond donors (Lipinski definition) is 2. The zero-order valence-corrected chi connectivity index (χ0v) is 20.1. The molecule has 0 aliphatic heterocycles. The first-order valence-corrected chi connectivity index (χ1v) is 13.3. The van der Waals surface area contributed by atoms with Gasteiger partial charge in [0.05, 0.1) is 12.0 Å². The lowest BCUT2D eigenvalue weighted by Crippen LogP contribution is -2.33. The maximum atomic E-state index is 12.6. The molecule has 10 heteroatoms. The molecule has 2 aliphatic carbocycles. The molecule has 2 amide bonds. The van der Waals surface area contributed by atoms with Crippen molar-refractivity contribution in [3.05, 3.63) is 51.9 Å². The fourth-order valence-corrected chi connectivity index (χ4v) is 5.39. The Kier molecular flexibility index (Phi) is 7.35. The predicted molar refractivity (Wildman–Crippen MR) is 129 cm³/mol. The molecule has 4 rings (SSSR count). The highest BCUT2D eigenvalue weighted by Crippen LogP contribution is 2.38. The molecule has 0 radical (unpaired) electrons. The van der Waals surface area contributed by atoms with Gasteiger partial charge < -0.3 is 14.6 Å². The molecule has 2 N–H and O–H groups in total. The van der Waals surface area contributed by atoms with Gasteiger partial charge in [0.25, 0.3) is 10.0 Å². The number of urea groups is 1. The van der Waals surface area contributed by atoms with E-state index in [0.717, 1.165) is 60.7 Å². The minimum atomic E-state index is -4.03. The number of sulfonamides is 1. The number of ether oxygens (including phenoxy) is 1. The van der Waals surface area contributed by atoms with E-state index in [4.69, 9.17) is 4.74 Å². The van der Waals surface area contributed by atoms with Crippen molar-refractivity contribution in [1.82, 2.24) is 14.3 Å². The number of aryl methyl sites for hydroxylation is 3. The van der Waals surface area contributed by atoms with E-state index in [1.165, 1.54) is 17.2 Å². The van der Waals surface area contributed by atoms with E-state index in [1.807, 2.05) is 0 Å². The highest BCUT2D eigenvalue weighted by molar-refractivity contribution is 7.93. The number of carbonyl (C=O) groups is 2. The Bertz CT molecular complexity index is 1180. The number of carbonyl (C=O) groups excluding carboxylic acids is 2. The van der Waals surface area contributed by atoms with Gasteiger partial charge in [-0.25, -0.2) is 22.9 Å². The van der Waals surface area contributed by atoms with Crippen LogP contribution in [-0.2, 0) is 51.8 Å². The smallest absolute Gasteiger partial charge is 0.333 e. The summed E-state index contributed by atoms with van der Waals surface area (Å²) in [5, 5.41) is 3.75. The van der Waals surface area contributed by atoms with E-state index >= 15 is 0 Å². The van der Waals surface area contributed by atoms with Gasteiger partial charge >= 0.3 is 12.0 Å². The van der Waals surface area contributed by atoms with Crippen molar-refractivity contribution in [3.63, 3.8) is 0 Å². The number of amides is 2. The van der Waals surface area contributed by atoms with Crippen molar-refractivity contribution >= 4 is 33.8 Å². The molecule has 182 valence electrons. The van der Waals surface area contributed by atoms with Crippen molar-refractivity contribution in [2.75, 3.05) is 11.9 Å². The highest BCUT2D eigenvalue weighted by Gasteiger charge is 2.25. The van der Waals surface area contributed by atoms with E-state index in [-0.39, 0.29) is 12.4 Å². The lowest BCUT2D eigenvalue weighted by Gasteiger charge is -2.16. The first kappa shape index (κ1) is 24.0. The summed E-state index contributed by atoms with van der Waals surface area (Å²) in [6.07, 6.45) is 11.2. The van der Waals surface area contributed by atoms with Crippen molar-refractivity contribution in [2.45, 2.75) is 64.8 Å². The molecule has 0 fully saturated rings. The number of fused-ring (bicyclic) bond motifs is 2. The van der Waals surface area contributed by atoms with Crippen LogP contribution in [0.25, 0.3) is 6.08 Å². The average Bonchev–Trinajstić information content (AvgIpc) is 3.53. The van der Waals surface area contributed by atoms with Gasteiger partial charge in [-0.05, 0) is 80.2 Å². The van der Waals surface area contributed by atoms with E-state index in [9.17, 15) is 18.0 Å². The van der Waals surface area contributed by atoms with Crippen LogP contribution in [0.1, 0.15) is 60.7 Å². The van der Waals surface area contributed by atoms with Gasteiger partial charge in [0.1, 0.15) is 5.82 Å². The molecular formula is C24H30N4O5S. The number of esters is 1. The SMILES string of the molecule is CCOC(=O)CCCn1ccnc1/C=C/S(=O)(=O)NC(=O)Nc1c2c(cc3c1CCC3)CCC2. The zero-order valence-electron chi connectivity index (χ0n) is 19.3. The molecule has 2 aliphatic rings. The third-order valence-electron chi connectivity index (χ3n) is 6.18. The van der Waals surface area contributed by atoms with Crippen molar-refractivity contribution in [1.29, 1.82) is 0 Å². The Labute approximate surface area is 199 Å². The van der Waals surface area contributed by atoms with Crippen molar-refractivity contribution < 1.29 is 22.7 Å². The Morgan fingerprint density at radius 2 is 1.85 bits per heavy atom. The summed E-state index contributed by atoms with van der Waals surface area (Å²) in [5.41, 5.74) is 5.57. The topological polar surface area (TPSA) is 119 Å². The standard InChI is InChI=1S/C24H30N4O5S/c1-2-33-22(29)10-5-13-28-14-12-25-21(28)11-15-34(31,32)27-24(30)26-23-19-8-3-6-17(19)16-18-7-4-9-20(18)23/h11-12,14-16H,2-10,13H2,1H3,(H2,26,27,30)/b15-11+. The van der Waals surface area contributed by atoms with E-state index in [2.05, 4.69) is 21.1 Å². The molecule has 1 aromatic heterocycles. The lowest BCUT2D eigenvalue weighted by molar-refractivity contribution is -0.143. The molecule has 34 heavy (non-hydrogen) atoms. The maximum absolute atomic E-state index is 12.6. The fourth-order valence-electron chi connectivity index (χ4n) is 4.72. The number of nitrogens with zero attached hydrogens (tertiary/aromatic N) is 2. The number of anilines is 1. The van der Waals surface area contributed by atoms with Gasteiger partial charge in [0, 0.05) is 31.0 Å². The molecule has 2 aromatic rings. The first-order chi connectivity index (χ1) is 16.4. The van der Waals surface area contributed by atoms with Gasteiger partial charge in [-0.2, -0.15) is 0 Å². The molecular weight excluding hydrogens is 456 g/mol. The third-order valence-corrected chi connectivity index (χ3v) is 7.14. The van der Waals surface area contributed by atoms with Crippen LogP contribution < -0.4 is 10.0 Å². The third kappa shape index (κ3) is 5.67. The highest BCUT2D eigenvalue weighted by atomic mass is 32.2. The number of imidazole rings is 1. The summed E-state index contributed by atoms with van der Waals surface area (Å²) >= 11 is 0. The summed E-state index contributed by atoms with van der Waals surface area (Å²) < 4.78 is 33.8. The normalized spacial score (nSPS) is 14.7. The van der Waals surface area contributed by atoms with Crippen LogP contribution in [0.4, 0.5) is 10.5 Å². The minimum absolute atomic E-state index is 0.266. The Balaban J connectivity index is 1.38. The summed E-state index contributed by atoms with van der Waals surface area (Å²) in [5.74, 6) is 0.139. The molecule has 0 saturated carbocycles. The van der Waals surface area contributed by atoms with Gasteiger partial charge in [0.15, 0.2) is 0 Å². The summed E-state index contributed by atoms with van der Waals surface area (Å²) in [4.78, 5) is 28.2. The second kappa shape index (κ2) is 10.4. The van der Waals surface area contributed by atoms with Gasteiger partial charge in [-0.15, -0.1) is 0 Å². The van der Waals surface area contributed by atoms with E-state index < -0.39 is 16.1 Å². The average molecular weight is 487 g/mol. The second-order valence-electron chi connectivity index (χ2n) is 8.53. The maximum Gasteiger partial charge on any atom is 0.333 e. The van der Waals surface area contributed by atoms with Gasteiger partial charge in [-0.1, -0.05) is 6.07 Å². The molecule has 9 nitrogen and oxygen atoms in total. The van der Waals surface area contributed by atoms with Crippen LogP contribution in [0, 0.1) is 0 Å². The Morgan fingerprint density at radius 1 is 1.15 bits per heavy atom. The molecule has 0 saturated heterocycles. The predicted octanol–water partition coefficient (Wildman–Crippen LogP) is 3.33. The number of aromatic nitrogens is 2. The molecule has 1 heterocycles. The van der Waals surface area contributed by atoms with Crippen LogP contribution in [0.3, 0.4) is 0 Å². The zero-order chi connectivity index (χ0) is 24.1. The van der Waals surface area contributed by atoms with Crippen LogP contribution in [-0.4, -0.2) is 36.6 Å². The quantitative estimate of drug-likeness (QED) is 0.525. The largest absolute Gasteiger partial charge is 0.466 e. The molecule has 0 bridgehead atoms. The first-order valence-electron chi connectivity index (χ1n) is 11.7. The summed E-state index contributed by atoms with van der Waals surface area (Å²) in [6.45, 7) is 2.58. The van der Waals surface area contributed by atoms with Crippen molar-refractivity contribution in [2.24, 2.45) is 0 Å². The molecule has 1 aromatic carbocycles. The number of benzene rings is 1. The summed E-state index contributed by atoms with van der Waals surface area (Å²) in [7, 11) is -4.03. The molecule has 0 spiro atoms. The van der Waals surface area contributed by atoms with Crippen LogP contribution in [0.2, 0.25) is 0 Å². The Hall–Kier alpha value is -3.14. The van der Waals surface area contributed by atoms with Crippen molar-refractivity contribution in [3.8, 4) is 0 Å². The minimum Gasteiger partial charge on any atom is -0.466 e. The second-order valence-corrected chi connectivity index (χ2v) is 10.1. The molecule has 0 unspecified atom stereocenters. The monoisotopic (exact) mass is 486 g/mol. The fraction of sp³-hybridized carbons (Fsp3) is 0.458. The van der Waals surface area contributed by atoms with Crippen LogP contribution in [0.5, 0.6) is 0 Å².